The lowest BCUT2D eigenvalue weighted by molar-refractivity contribution is -0.144. The van der Waals surface area contributed by atoms with Gasteiger partial charge in [0.1, 0.15) is 6.61 Å². The monoisotopic (exact) mass is 303 g/mol. The number of fused-ring (bicyclic) bond motifs is 2. The van der Waals surface area contributed by atoms with Crippen molar-refractivity contribution in [1.82, 2.24) is 5.32 Å². The van der Waals surface area contributed by atoms with Crippen LogP contribution in [0.25, 0.3) is 0 Å². The maximum atomic E-state index is 12.2. The molecule has 0 aliphatic heterocycles. The van der Waals surface area contributed by atoms with E-state index in [4.69, 9.17) is 4.74 Å². The topological polar surface area (TPSA) is 92.7 Å². The molecular formula is C16H17NO5. The molecule has 1 amide bonds. The van der Waals surface area contributed by atoms with Crippen molar-refractivity contribution in [1.29, 1.82) is 0 Å². The van der Waals surface area contributed by atoms with Crippen LogP contribution in [0.5, 0.6) is 0 Å². The van der Waals surface area contributed by atoms with E-state index in [2.05, 4.69) is 5.32 Å². The number of carboxylic acids is 1. The van der Waals surface area contributed by atoms with Gasteiger partial charge in [-0.15, -0.1) is 0 Å². The second-order valence-electron chi connectivity index (χ2n) is 5.80. The van der Waals surface area contributed by atoms with Crippen LogP contribution in [0.2, 0.25) is 0 Å². The van der Waals surface area contributed by atoms with Gasteiger partial charge >= 0.3 is 12.1 Å². The summed E-state index contributed by atoms with van der Waals surface area (Å²) in [5.41, 5.74) is 0.848. The molecule has 2 fully saturated rings. The molecule has 4 unspecified atom stereocenters. The predicted octanol–water partition coefficient (Wildman–Crippen LogP) is 1.59. The maximum absolute atomic E-state index is 12.2. The summed E-state index contributed by atoms with van der Waals surface area (Å²) in [6.45, 7) is 0.115. The molecule has 2 saturated carbocycles. The number of carbonyl (C=O) groups excluding carboxylic acids is 2. The van der Waals surface area contributed by atoms with Gasteiger partial charge in [0.2, 0.25) is 0 Å². The minimum atomic E-state index is -0.956. The van der Waals surface area contributed by atoms with Gasteiger partial charge in [-0.2, -0.15) is 0 Å². The Balaban J connectivity index is 1.58. The van der Waals surface area contributed by atoms with E-state index in [0.717, 1.165) is 5.56 Å². The molecule has 2 aliphatic carbocycles. The first-order chi connectivity index (χ1) is 10.6. The predicted molar refractivity (Wildman–Crippen MR) is 75.9 cm³/mol. The third-order valence-corrected chi connectivity index (χ3v) is 4.58. The van der Waals surface area contributed by atoms with Crippen LogP contribution in [0.15, 0.2) is 30.3 Å². The number of hydrogen-bond donors (Lipinski definition) is 2. The Morgan fingerprint density at radius 2 is 1.95 bits per heavy atom. The highest BCUT2D eigenvalue weighted by molar-refractivity contribution is 5.97. The third-order valence-electron chi connectivity index (χ3n) is 4.58. The molecule has 6 nitrogen and oxygen atoms in total. The molecule has 0 aromatic heterocycles. The van der Waals surface area contributed by atoms with Crippen molar-refractivity contribution in [2.75, 3.05) is 0 Å². The van der Waals surface area contributed by atoms with Crippen molar-refractivity contribution in [2.45, 2.75) is 25.5 Å². The van der Waals surface area contributed by atoms with E-state index >= 15 is 0 Å². The van der Waals surface area contributed by atoms with Gasteiger partial charge in [-0.05, 0) is 18.4 Å². The van der Waals surface area contributed by atoms with Crippen molar-refractivity contribution in [2.24, 2.45) is 17.8 Å². The van der Waals surface area contributed by atoms with E-state index < -0.39 is 29.9 Å². The largest absolute Gasteiger partial charge is 0.481 e. The number of rotatable bonds is 4. The Hall–Kier alpha value is -2.37. The van der Waals surface area contributed by atoms with Crippen molar-refractivity contribution in [3.05, 3.63) is 35.9 Å². The molecule has 6 heteroatoms. The number of aliphatic carboxylic acids is 1. The molecule has 2 bridgehead atoms. The van der Waals surface area contributed by atoms with Crippen LogP contribution in [-0.4, -0.2) is 29.0 Å². The van der Waals surface area contributed by atoms with Gasteiger partial charge in [0.15, 0.2) is 5.78 Å². The first kappa shape index (κ1) is 14.6. The normalized spacial score (nSPS) is 29.4. The van der Waals surface area contributed by atoms with Crippen LogP contribution in [0, 0.1) is 17.8 Å². The Labute approximate surface area is 127 Å². The zero-order chi connectivity index (χ0) is 15.7. The van der Waals surface area contributed by atoms with Crippen molar-refractivity contribution < 1.29 is 24.2 Å². The summed E-state index contributed by atoms with van der Waals surface area (Å²) in [4.78, 5) is 35.2. The maximum Gasteiger partial charge on any atom is 0.408 e. The lowest BCUT2D eigenvalue weighted by atomic mass is 9.94. The summed E-state index contributed by atoms with van der Waals surface area (Å²) < 4.78 is 5.09. The molecule has 1 aromatic carbocycles. The van der Waals surface area contributed by atoms with Gasteiger partial charge in [-0.25, -0.2) is 4.79 Å². The molecule has 0 heterocycles. The number of amides is 1. The highest BCUT2D eigenvalue weighted by Gasteiger charge is 2.57. The van der Waals surface area contributed by atoms with E-state index in [9.17, 15) is 19.5 Å². The van der Waals surface area contributed by atoms with Crippen LogP contribution in [0.1, 0.15) is 18.4 Å². The van der Waals surface area contributed by atoms with Gasteiger partial charge in [0, 0.05) is 11.8 Å². The minimum Gasteiger partial charge on any atom is -0.481 e. The van der Waals surface area contributed by atoms with Crippen LogP contribution in [0.4, 0.5) is 4.79 Å². The molecule has 0 radical (unpaired) electrons. The zero-order valence-electron chi connectivity index (χ0n) is 11.9. The number of ketones is 1. The molecule has 0 spiro atoms. The fourth-order valence-corrected chi connectivity index (χ4v) is 3.59. The first-order valence-corrected chi connectivity index (χ1v) is 7.31. The van der Waals surface area contributed by atoms with E-state index in [-0.39, 0.29) is 18.3 Å². The van der Waals surface area contributed by atoms with Crippen LogP contribution in [-0.2, 0) is 20.9 Å². The number of ether oxygens (including phenoxy) is 1. The Kier molecular flexibility index (Phi) is 3.83. The molecule has 22 heavy (non-hydrogen) atoms. The molecule has 3 rings (SSSR count). The lowest BCUT2D eigenvalue weighted by Gasteiger charge is -2.21. The molecule has 2 N–H and O–H groups in total. The number of carbonyl (C=O) groups is 3. The SMILES string of the molecule is O=C(NC1C(=O)C2CCC1C2C(=O)O)OCc1ccccc1. The van der Waals surface area contributed by atoms with Crippen molar-refractivity contribution >= 4 is 17.8 Å². The van der Waals surface area contributed by atoms with Crippen LogP contribution in [0.3, 0.4) is 0 Å². The summed E-state index contributed by atoms with van der Waals surface area (Å²) in [7, 11) is 0. The first-order valence-electron chi connectivity index (χ1n) is 7.31. The fourth-order valence-electron chi connectivity index (χ4n) is 3.59. The van der Waals surface area contributed by atoms with Gasteiger partial charge < -0.3 is 15.2 Å². The minimum absolute atomic E-state index is 0.115. The third kappa shape index (κ3) is 2.56. The Morgan fingerprint density at radius 3 is 2.59 bits per heavy atom. The number of Topliss-reactive ketones (excluding diaryl/α,β-unsaturated/α-hetero) is 1. The fraction of sp³-hybridized carbons (Fsp3) is 0.438. The number of hydrogen-bond acceptors (Lipinski definition) is 4. The van der Waals surface area contributed by atoms with E-state index in [1.54, 1.807) is 0 Å². The second-order valence-corrected chi connectivity index (χ2v) is 5.80. The number of carboxylic acid groups (broad SMARTS) is 1. The second kappa shape index (κ2) is 5.79. The average Bonchev–Trinajstić information content (AvgIpc) is 3.04. The van der Waals surface area contributed by atoms with Gasteiger partial charge in [0.25, 0.3) is 0 Å². The highest BCUT2D eigenvalue weighted by atomic mass is 16.5. The van der Waals surface area contributed by atoms with Gasteiger partial charge in [-0.3, -0.25) is 9.59 Å². The molecule has 116 valence electrons. The van der Waals surface area contributed by atoms with Crippen molar-refractivity contribution in [3.63, 3.8) is 0 Å². The summed E-state index contributed by atoms with van der Waals surface area (Å²) >= 11 is 0. The highest BCUT2D eigenvalue weighted by Crippen LogP contribution is 2.47. The Bertz CT molecular complexity index is 600. The van der Waals surface area contributed by atoms with E-state index in [1.807, 2.05) is 30.3 Å². The van der Waals surface area contributed by atoms with E-state index in [1.165, 1.54) is 0 Å². The molecule has 2 aliphatic rings. The summed E-state index contributed by atoms with van der Waals surface area (Å²) in [6, 6.07) is 8.47. The standard InChI is InChI=1S/C16H17NO5/c18-14-11-7-6-10(12(11)15(19)20)13(14)17-16(21)22-8-9-4-2-1-3-5-9/h1-5,10-13H,6-8H2,(H,17,21)(H,19,20). The van der Waals surface area contributed by atoms with Gasteiger partial charge in [0.05, 0.1) is 12.0 Å². The number of alkyl carbamates (subject to hydrolysis) is 1. The molecular weight excluding hydrogens is 286 g/mol. The Morgan fingerprint density at radius 1 is 1.23 bits per heavy atom. The molecule has 1 aromatic rings. The summed E-state index contributed by atoms with van der Waals surface area (Å²) in [5, 5.41) is 11.8. The average molecular weight is 303 g/mol. The smallest absolute Gasteiger partial charge is 0.408 e. The number of benzene rings is 1. The molecule has 0 saturated heterocycles. The van der Waals surface area contributed by atoms with Crippen LogP contribution < -0.4 is 5.32 Å². The quantitative estimate of drug-likeness (QED) is 0.881. The lowest BCUT2D eigenvalue weighted by Crippen LogP contribution is -2.44. The van der Waals surface area contributed by atoms with Crippen LogP contribution >= 0.6 is 0 Å². The summed E-state index contributed by atoms with van der Waals surface area (Å²) in [6.07, 6.45) is 0.563. The zero-order valence-corrected chi connectivity index (χ0v) is 11.9. The van der Waals surface area contributed by atoms with Gasteiger partial charge in [-0.1, -0.05) is 30.3 Å². The molecule has 4 atom stereocenters. The summed E-state index contributed by atoms with van der Waals surface area (Å²) in [5.74, 6) is -2.60. The number of nitrogens with one attached hydrogen (secondary N) is 1. The van der Waals surface area contributed by atoms with Crippen molar-refractivity contribution in [3.8, 4) is 0 Å². The van der Waals surface area contributed by atoms with E-state index in [0.29, 0.717) is 12.8 Å².